The number of aromatic nitrogens is 2. The van der Waals surface area contributed by atoms with Crippen LogP contribution >= 0.6 is 0 Å². The summed E-state index contributed by atoms with van der Waals surface area (Å²) in [6.07, 6.45) is 2.03. The summed E-state index contributed by atoms with van der Waals surface area (Å²) in [4.78, 5) is 4.04. The number of rotatable bonds is 5. The number of hydrogen-bond acceptors (Lipinski definition) is 5. The average molecular weight is 171 g/mol. The lowest BCUT2D eigenvalue weighted by Gasteiger charge is -1.88. The van der Waals surface area contributed by atoms with Crippen molar-refractivity contribution in [3.05, 3.63) is 11.7 Å². The Morgan fingerprint density at radius 1 is 1.42 bits per heavy atom. The van der Waals surface area contributed by atoms with Crippen LogP contribution in [0.1, 0.15) is 18.1 Å². The fraction of sp³-hybridized carbons (Fsp3) is 0.714. The molecule has 1 aromatic rings. The Morgan fingerprint density at radius 2 is 2.25 bits per heavy atom. The van der Waals surface area contributed by atoms with E-state index in [-0.39, 0.29) is 6.61 Å². The van der Waals surface area contributed by atoms with Gasteiger partial charge in [0.05, 0.1) is 13.0 Å². The Balaban J connectivity index is 2.41. The van der Waals surface area contributed by atoms with E-state index in [4.69, 9.17) is 15.4 Å². The van der Waals surface area contributed by atoms with Crippen LogP contribution in [0.25, 0.3) is 0 Å². The highest BCUT2D eigenvalue weighted by Crippen LogP contribution is 1.99. The van der Waals surface area contributed by atoms with Gasteiger partial charge in [-0.3, -0.25) is 0 Å². The molecule has 0 spiro atoms. The Labute approximate surface area is 70.6 Å². The Kier molecular flexibility index (Phi) is 3.69. The van der Waals surface area contributed by atoms with Crippen molar-refractivity contribution in [2.45, 2.75) is 19.3 Å². The summed E-state index contributed by atoms with van der Waals surface area (Å²) in [5, 5.41) is 12.3. The van der Waals surface area contributed by atoms with Crippen LogP contribution < -0.4 is 5.73 Å². The molecule has 12 heavy (non-hydrogen) atoms. The Hall–Kier alpha value is -0.940. The zero-order valence-electron chi connectivity index (χ0n) is 6.86. The predicted octanol–water partition coefficient (Wildman–Crippen LogP) is -0.504. The second kappa shape index (κ2) is 4.84. The van der Waals surface area contributed by atoms with E-state index < -0.39 is 0 Å². The van der Waals surface area contributed by atoms with Gasteiger partial charge in [-0.2, -0.15) is 4.98 Å². The van der Waals surface area contributed by atoms with E-state index >= 15 is 0 Å². The number of nitrogens with two attached hydrogens (primary N) is 1. The van der Waals surface area contributed by atoms with E-state index in [1.807, 2.05) is 0 Å². The Morgan fingerprint density at radius 3 is 2.92 bits per heavy atom. The van der Waals surface area contributed by atoms with Gasteiger partial charge in [-0.05, 0) is 13.0 Å². The average Bonchev–Trinajstić information content (AvgIpc) is 2.50. The molecule has 0 saturated carbocycles. The van der Waals surface area contributed by atoms with Crippen LogP contribution in [0.3, 0.4) is 0 Å². The van der Waals surface area contributed by atoms with E-state index in [0.29, 0.717) is 24.7 Å². The highest BCUT2D eigenvalue weighted by atomic mass is 16.5. The lowest BCUT2D eigenvalue weighted by atomic mass is 10.3. The van der Waals surface area contributed by atoms with Gasteiger partial charge in [0.2, 0.25) is 5.89 Å². The fourth-order valence-corrected chi connectivity index (χ4v) is 0.849. The molecule has 0 amide bonds. The Bertz CT molecular complexity index is 224. The van der Waals surface area contributed by atoms with E-state index in [1.165, 1.54) is 0 Å². The van der Waals surface area contributed by atoms with Gasteiger partial charge >= 0.3 is 0 Å². The van der Waals surface area contributed by atoms with Crippen LogP contribution in [0.15, 0.2) is 4.52 Å². The van der Waals surface area contributed by atoms with Gasteiger partial charge in [0.1, 0.15) is 0 Å². The summed E-state index contributed by atoms with van der Waals surface area (Å²) in [5.74, 6) is 1.16. The van der Waals surface area contributed by atoms with Crippen molar-refractivity contribution in [3.63, 3.8) is 0 Å². The maximum absolute atomic E-state index is 8.56. The van der Waals surface area contributed by atoms with Gasteiger partial charge in [-0.25, -0.2) is 0 Å². The SMILES string of the molecule is NCCCc1noc(CCO)n1. The highest BCUT2D eigenvalue weighted by Gasteiger charge is 2.03. The van der Waals surface area contributed by atoms with Gasteiger partial charge in [0.15, 0.2) is 5.82 Å². The molecule has 68 valence electrons. The minimum Gasteiger partial charge on any atom is -0.396 e. The summed E-state index contributed by atoms with van der Waals surface area (Å²) < 4.78 is 4.84. The molecule has 0 aromatic carbocycles. The van der Waals surface area contributed by atoms with Crippen molar-refractivity contribution in [1.29, 1.82) is 0 Å². The van der Waals surface area contributed by atoms with Crippen molar-refractivity contribution in [1.82, 2.24) is 10.1 Å². The van der Waals surface area contributed by atoms with Crippen molar-refractivity contribution in [3.8, 4) is 0 Å². The first-order valence-electron chi connectivity index (χ1n) is 3.99. The molecule has 0 aliphatic heterocycles. The molecule has 1 rings (SSSR count). The first-order valence-corrected chi connectivity index (χ1v) is 3.99. The largest absolute Gasteiger partial charge is 0.396 e. The van der Waals surface area contributed by atoms with Crippen molar-refractivity contribution in [2.75, 3.05) is 13.2 Å². The van der Waals surface area contributed by atoms with Crippen molar-refractivity contribution >= 4 is 0 Å². The predicted molar refractivity (Wildman–Crippen MR) is 42.5 cm³/mol. The third-order valence-corrected chi connectivity index (χ3v) is 1.44. The van der Waals surface area contributed by atoms with Gasteiger partial charge in [0, 0.05) is 6.42 Å². The zero-order chi connectivity index (χ0) is 8.81. The molecular weight excluding hydrogens is 158 g/mol. The zero-order valence-corrected chi connectivity index (χ0v) is 6.86. The topological polar surface area (TPSA) is 85.2 Å². The summed E-state index contributed by atoms with van der Waals surface area (Å²) in [7, 11) is 0. The second-order valence-corrected chi connectivity index (χ2v) is 2.47. The molecule has 0 saturated heterocycles. The van der Waals surface area contributed by atoms with Gasteiger partial charge in [-0.1, -0.05) is 5.16 Å². The van der Waals surface area contributed by atoms with Crippen LogP contribution in [-0.4, -0.2) is 28.4 Å². The lowest BCUT2D eigenvalue weighted by molar-refractivity contribution is 0.274. The van der Waals surface area contributed by atoms with Gasteiger partial charge in [0.25, 0.3) is 0 Å². The molecule has 0 fully saturated rings. The van der Waals surface area contributed by atoms with Crippen molar-refractivity contribution in [2.24, 2.45) is 5.73 Å². The lowest BCUT2D eigenvalue weighted by Crippen LogP contribution is -2.01. The third kappa shape index (κ3) is 2.60. The number of aliphatic hydroxyl groups is 1. The maximum atomic E-state index is 8.56. The normalized spacial score (nSPS) is 10.5. The summed E-state index contributed by atoms with van der Waals surface area (Å²) in [5.41, 5.74) is 5.32. The summed E-state index contributed by atoms with van der Waals surface area (Å²) >= 11 is 0. The van der Waals surface area contributed by atoms with E-state index in [1.54, 1.807) is 0 Å². The van der Waals surface area contributed by atoms with Crippen LogP contribution in [0.4, 0.5) is 0 Å². The number of hydrogen-bond donors (Lipinski definition) is 2. The van der Waals surface area contributed by atoms with Crippen LogP contribution in [-0.2, 0) is 12.8 Å². The molecule has 0 atom stereocenters. The number of aliphatic hydroxyl groups excluding tert-OH is 1. The van der Waals surface area contributed by atoms with E-state index in [0.717, 1.165) is 12.8 Å². The van der Waals surface area contributed by atoms with Crippen LogP contribution in [0.2, 0.25) is 0 Å². The van der Waals surface area contributed by atoms with E-state index in [9.17, 15) is 0 Å². The molecule has 3 N–H and O–H groups in total. The molecular formula is C7H13N3O2. The summed E-state index contributed by atoms with van der Waals surface area (Å²) in [6.45, 7) is 0.669. The third-order valence-electron chi connectivity index (χ3n) is 1.44. The molecule has 1 heterocycles. The molecule has 0 aliphatic carbocycles. The second-order valence-electron chi connectivity index (χ2n) is 2.47. The molecule has 0 aliphatic rings. The minimum absolute atomic E-state index is 0.0402. The molecule has 5 heteroatoms. The quantitative estimate of drug-likeness (QED) is 0.623. The van der Waals surface area contributed by atoms with Crippen LogP contribution in [0, 0.1) is 0 Å². The molecule has 0 bridgehead atoms. The standard InChI is InChI=1S/C7H13N3O2/c8-4-1-2-6-9-7(3-5-11)12-10-6/h11H,1-5,8H2. The van der Waals surface area contributed by atoms with Crippen molar-refractivity contribution < 1.29 is 9.63 Å². The highest BCUT2D eigenvalue weighted by molar-refractivity contribution is 4.86. The molecule has 1 aromatic heterocycles. The summed E-state index contributed by atoms with van der Waals surface area (Å²) in [6, 6.07) is 0. The molecule has 0 unspecified atom stereocenters. The smallest absolute Gasteiger partial charge is 0.228 e. The number of nitrogens with zero attached hydrogens (tertiary/aromatic N) is 2. The maximum Gasteiger partial charge on any atom is 0.228 e. The van der Waals surface area contributed by atoms with Gasteiger partial charge < -0.3 is 15.4 Å². The first kappa shape index (κ1) is 9.15. The molecule has 0 radical (unpaired) electrons. The number of aryl methyl sites for hydroxylation is 1. The first-order chi connectivity index (χ1) is 5.86. The molecule has 5 nitrogen and oxygen atoms in total. The minimum atomic E-state index is 0.0402. The fourth-order valence-electron chi connectivity index (χ4n) is 0.849. The van der Waals surface area contributed by atoms with Crippen LogP contribution in [0.5, 0.6) is 0 Å². The van der Waals surface area contributed by atoms with E-state index in [2.05, 4.69) is 10.1 Å². The monoisotopic (exact) mass is 171 g/mol. The van der Waals surface area contributed by atoms with Gasteiger partial charge in [-0.15, -0.1) is 0 Å².